The van der Waals surface area contributed by atoms with Crippen molar-refractivity contribution in [2.24, 2.45) is 5.41 Å². The minimum Gasteiger partial charge on any atom is -0.458 e. The van der Waals surface area contributed by atoms with Crippen LogP contribution in [0.15, 0.2) is 36.0 Å². The van der Waals surface area contributed by atoms with E-state index in [1.165, 1.54) is 12.5 Å². The van der Waals surface area contributed by atoms with Gasteiger partial charge in [-0.3, -0.25) is 4.79 Å². The average molecular weight is 262 g/mol. The van der Waals surface area contributed by atoms with Gasteiger partial charge in [0, 0.05) is 6.92 Å². The van der Waals surface area contributed by atoms with Crippen LogP contribution in [0.3, 0.4) is 0 Å². The molecule has 0 aliphatic heterocycles. The highest BCUT2D eigenvalue weighted by Gasteiger charge is 2.18. The summed E-state index contributed by atoms with van der Waals surface area (Å²) in [5, 5.41) is 0. The third-order valence-electron chi connectivity index (χ3n) is 3.49. The van der Waals surface area contributed by atoms with Crippen molar-refractivity contribution >= 4 is 5.97 Å². The molecule has 0 heterocycles. The molecule has 0 fully saturated rings. The van der Waals surface area contributed by atoms with Gasteiger partial charge >= 0.3 is 5.97 Å². The largest absolute Gasteiger partial charge is 0.458 e. The maximum atomic E-state index is 11.2. The molecule has 0 aromatic rings. The Balaban J connectivity index is 2.86. The van der Waals surface area contributed by atoms with Gasteiger partial charge < -0.3 is 4.74 Å². The van der Waals surface area contributed by atoms with Gasteiger partial charge in [-0.2, -0.15) is 0 Å². The van der Waals surface area contributed by atoms with Crippen LogP contribution in [0.4, 0.5) is 0 Å². The van der Waals surface area contributed by atoms with Crippen LogP contribution in [-0.4, -0.2) is 12.1 Å². The molecule has 0 radical (unpaired) electrons. The highest BCUT2D eigenvalue weighted by atomic mass is 16.5. The van der Waals surface area contributed by atoms with E-state index in [1.54, 1.807) is 0 Å². The number of esters is 1. The summed E-state index contributed by atoms with van der Waals surface area (Å²) in [6.07, 6.45) is 10.1. The minimum absolute atomic E-state index is 0.160. The van der Waals surface area contributed by atoms with E-state index in [9.17, 15) is 4.79 Å². The second kappa shape index (κ2) is 6.74. The summed E-state index contributed by atoms with van der Waals surface area (Å²) in [4.78, 5) is 11.2. The fraction of sp³-hybridized carbons (Fsp3) is 0.588. The molecule has 2 heteroatoms. The zero-order valence-electron chi connectivity index (χ0n) is 12.7. The summed E-state index contributed by atoms with van der Waals surface area (Å²) in [6.45, 7) is 12.1. The smallest absolute Gasteiger partial charge is 0.303 e. The molecule has 0 N–H and O–H groups in total. The van der Waals surface area contributed by atoms with E-state index in [2.05, 4.69) is 45.6 Å². The van der Waals surface area contributed by atoms with Crippen molar-refractivity contribution in [3.05, 3.63) is 36.0 Å². The molecule has 0 saturated heterocycles. The Kier molecular flexibility index (Phi) is 5.59. The van der Waals surface area contributed by atoms with E-state index in [0.717, 1.165) is 31.3 Å². The number of rotatable bonds is 1. The summed E-state index contributed by atoms with van der Waals surface area (Å²) in [5.74, 6) is -0.230. The summed E-state index contributed by atoms with van der Waals surface area (Å²) in [6, 6.07) is 0. The van der Waals surface area contributed by atoms with Crippen molar-refractivity contribution in [1.82, 2.24) is 0 Å². The van der Waals surface area contributed by atoms with Crippen LogP contribution in [-0.2, 0) is 9.53 Å². The van der Waals surface area contributed by atoms with Gasteiger partial charge in [-0.25, -0.2) is 0 Å². The Labute approximate surface area is 117 Å². The van der Waals surface area contributed by atoms with E-state index in [1.807, 2.05) is 0 Å². The molecule has 2 nitrogen and oxygen atoms in total. The molecule has 0 amide bonds. The molecule has 0 aromatic heterocycles. The predicted octanol–water partition coefficient (Wildman–Crippen LogP) is 4.58. The van der Waals surface area contributed by atoms with Crippen molar-refractivity contribution in [1.29, 1.82) is 0 Å². The van der Waals surface area contributed by atoms with Crippen molar-refractivity contribution in [2.75, 3.05) is 0 Å². The van der Waals surface area contributed by atoms with Crippen molar-refractivity contribution in [3.63, 3.8) is 0 Å². The minimum atomic E-state index is -0.230. The second-order valence-electron chi connectivity index (χ2n) is 6.14. The van der Waals surface area contributed by atoms with E-state index < -0.39 is 0 Å². The SMILES string of the molecule is C=C1C/C=C/C(C)(C)C/C=C(\C)CC[C@H]1OC(C)=O. The third kappa shape index (κ3) is 5.91. The maximum Gasteiger partial charge on any atom is 0.303 e. The van der Waals surface area contributed by atoms with Crippen molar-refractivity contribution in [2.45, 2.75) is 59.5 Å². The Morgan fingerprint density at radius 3 is 2.79 bits per heavy atom. The maximum absolute atomic E-state index is 11.2. The zero-order valence-corrected chi connectivity index (χ0v) is 12.7. The first-order chi connectivity index (χ1) is 8.80. The molecular formula is C17H26O2. The van der Waals surface area contributed by atoms with E-state index >= 15 is 0 Å². The molecule has 106 valence electrons. The molecule has 1 aliphatic rings. The van der Waals surface area contributed by atoms with Crippen LogP contribution in [0, 0.1) is 5.41 Å². The van der Waals surface area contributed by atoms with Crippen LogP contribution < -0.4 is 0 Å². The van der Waals surface area contributed by atoms with Crippen LogP contribution in [0.1, 0.15) is 53.4 Å². The summed E-state index contributed by atoms with van der Waals surface area (Å²) in [7, 11) is 0. The molecule has 0 spiro atoms. The Hall–Kier alpha value is -1.31. The molecule has 0 bridgehead atoms. The van der Waals surface area contributed by atoms with Crippen LogP contribution in [0.25, 0.3) is 0 Å². The van der Waals surface area contributed by atoms with E-state index in [0.29, 0.717) is 0 Å². The summed E-state index contributed by atoms with van der Waals surface area (Å²) >= 11 is 0. The Morgan fingerprint density at radius 1 is 1.47 bits per heavy atom. The standard InChI is InChI=1S/C17H26O2/c1-13-8-9-16(19-15(3)18)14(2)7-6-11-17(4,5)12-10-13/h6,10-11,16H,2,7-9,12H2,1,3-5H3/b11-6+,13-10+/t16-/m1/s1. The number of hydrogen-bond donors (Lipinski definition) is 0. The highest BCUT2D eigenvalue weighted by molar-refractivity contribution is 5.66. The van der Waals surface area contributed by atoms with Gasteiger partial charge in [-0.05, 0) is 43.6 Å². The summed E-state index contributed by atoms with van der Waals surface area (Å²) in [5.41, 5.74) is 2.51. The molecule has 1 rings (SSSR count). The lowest BCUT2D eigenvalue weighted by Crippen LogP contribution is -2.18. The second-order valence-corrected chi connectivity index (χ2v) is 6.14. The third-order valence-corrected chi connectivity index (χ3v) is 3.49. The number of carbonyl (C=O) groups excluding carboxylic acids is 1. The van der Waals surface area contributed by atoms with E-state index in [-0.39, 0.29) is 17.5 Å². The van der Waals surface area contributed by atoms with Gasteiger partial charge in [0.1, 0.15) is 6.10 Å². The van der Waals surface area contributed by atoms with Crippen LogP contribution in [0.5, 0.6) is 0 Å². The van der Waals surface area contributed by atoms with Crippen LogP contribution in [0.2, 0.25) is 0 Å². The lowest BCUT2D eigenvalue weighted by Gasteiger charge is -2.19. The quantitative estimate of drug-likeness (QED) is 0.511. The monoisotopic (exact) mass is 262 g/mol. The predicted molar refractivity (Wildman–Crippen MR) is 79.8 cm³/mol. The van der Waals surface area contributed by atoms with Gasteiger partial charge in [-0.15, -0.1) is 0 Å². The molecule has 0 unspecified atom stereocenters. The van der Waals surface area contributed by atoms with Gasteiger partial charge in [0.2, 0.25) is 0 Å². The first-order valence-electron chi connectivity index (χ1n) is 6.98. The fourth-order valence-electron chi connectivity index (χ4n) is 2.17. The highest BCUT2D eigenvalue weighted by Crippen LogP contribution is 2.27. The van der Waals surface area contributed by atoms with Gasteiger partial charge in [0.05, 0.1) is 0 Å². The Bertz CT molecular complexity index is 399. The first-order valence-corrected chi connectivity index (χ1v) is 6.98. The lowest BCUT2D eigenvalue weighted by molar-refractivity contribution is -0.144. The van der Waals surface area contributed by atoms with Gasteiger partial charge in [0.15, 0.2) is 0 Å². The normalized spacial score (nSPS) is 28.7. The summed E-state index contributed by atoms with van der Waals surface area (Å²) < 4.78 is 5.38. The fourth-order valence-corrected chi connectivity index (χ4v) is 2.17. The number of carbonyl (C=O) groups is 1. The number of allylic oxidation sites excluding steroid dienone is 4. The zero-order chi connectivity index (χ0) is 14.5. The van der Waals surface area contributed by atoms with Gasteiger partial charge in [0.25, 0.3) is 0 Å². The first kappa shape index (κ1) is 15.7. The molecule has 0 saturated carbocycles. The molecule has 1 atom stereocenters. The average Bonchev–Trinajstić information content (AvgIpc) is 2.31. The number of ether oxygens (including phenoxy) is 1. The molecular weight excluding hydrogens is 236 g/mol. The van der Waals surface area contributed by atoms with Crippen molar-refractivity contribution < 1.29 is 9.53 Å². The van der Waals surface area contributed by atoms with Crippen LogP contribution >= 0.6 is 0 Å². The van der Waals surface area contributed by atoms with Crippen molar-refractivity contribution in [3.8, 4) is 0 Å². The Morgan fingerprint density at radius 2 is 2.16 bits per heavy atom. The van der Waals surface area contributed by atoms with E-state index in [4.69, 9.17) is 4.74 Å². The number of hydrogen-bond acceptors (Lipinski definition) is 2. The lowest BCUT2D eigenvalue weighted by atomic mass is 9.87. The van der Waals surface area contributed by atoms with Gasteiger partial charge in [-0.1, -0.05) is 44.2 Å². The molecule has 1 aliphatic carbocycles. The topological polar surface area (TPSA) is 26.3 Å². The molecule has 0 aromatic carbocycles. The molecule has 19 heavy (non-hydrogen) atoms.